The Morgan fingerprint density at radius 2 is 2.06 bits per heavy atom. The minimum atomic E-state index is -0.819. The van der Waals surface area contributed by atoms with Crippen LogP contribution in [-0.4, -0.2) is 86.8 Å². The maximum Gasteiger partial charge on any atom is 0.259 e. The Morgan fingerprint density at radius 3 is 2.71 bits per heavy atom. The lowest BCUT2D eigenvalue weighted by atomic mass is 9.99. The molecule has 3 rings (SSSR count). The van der Waals surface area contributed by atoms with E-state index in [1.807, 2.05) is 6.92 Å². The number of aliphatic hydroxyl groups excluding tert-OH is 2. The van der Waals surface area contributed by atoms with Gasteiger partial charge in [-0.2, -0.15) is 0 Å². The summed E-state index contributed by atoms with van der Waals surface area (Å²) in [6, 6.07) is 4.77. The smallest absolute Gasteiger partial charge is 0.259 e. The minimum absolute atomic E-state index is 0.0670. The van der Waals surface area contributed by atoms with Gasteiger partial charge in [-0.3, -0.25) is 14.6 Å². The molecular formula is C26H32N4O5. The Bertz CT molecular complexity index is 1100. The average molecular weight is 481 g/mol. The third-order valence-electron chi connectivity index (χ3n) is 5.93. The molecule has 0 fully saturated rings. The fraction of sp³-hybridized carbons (Fsp3) is 0.462. The van der Waals surface area contributed by atoms with Gasteiger partial charge in [0.2, 0.25) is 11.8 Å². The summed E-state index contributed by atoms with van der Waals surface area (Å²) in [7, 11) is 1.72. The number of hydrogen-bond donors (Lipinski definition) is 2. The van der Waals surface area contributed by atoms with Gasteiger partial charge in [0.15, 0.2) is 0 Å². The molecule has 0 aliphatic carbocycles. The maximum absolute atomic E-state index is 13.4. The number of ether oxygens (including phenoxy) is 1. The topological polar surface area (TPSA) is 116 Å². The zero-order valence-electron chi connectivity index (χ0n) is 20.5. The first-order valence-electron chi connectivity index (χ1n) is 11.6. The van der Waals surface area contributed by atoms with E-state index < -0.39 is 18.2 Å². The molecule has 9 heteroatoms. The van der Waals surface area contributed by atoms with Crippen molar-refractivity contribution < 1.29 is 24.5 Å². The van der Waals surface area contributed by atoms with Gasteiger partial charge in [-0.15, -0.1) is 0 Å². The Balaban J connectivity index is 1.89. The summed E-state index contributed by atoms with van der Waals surface area (Å²) in [5.41, 5.74) is 1.56. The van der Waals surface area contributed by atoms with Crippen LogP contribution in [0.2, 0.25) is 0 Å². The Labute approximate surface area is 205 Å². The first-order valence-corrected chi connectivity index (χ1v) is 11.6. The molecule has 0 unspecified atom stereocenters. The van der Waals surface area contributed by atoms with Crippen molar-refractivity contribution in [2.45, 2.75) is 45.4 Å². The van der Waals surface area contributed by atoms with Crippen molar-refractivity contribution in [1.82, 2.24) is 19.8 Å². The van der Waals surface area contributed by atoms with E-state index in [1.165, 1.54) is 6.20 Å². The van der Waals surface area contributed by atoms with E-state index in [4.69, 9.17) is 4.74 Å². The number of pyridine rings is 2. The van der Waals surface area contributed by atoms with E-state index in [-0.39, 0.29) is 42.2 Å². The second-order valence-electron chi connectivity index (χ2n) is 8.95. The van der Waals surface area contributed by atoms with Crippen LogP contribution in [0, 0.1) is 17.8 Å². The highest BCUT2D eigenvalue weighted by Crippen LogP contribution is 2.27. The second-order valence-corrected chi connectivity index (χ2v) is 8.95. The number of amides is 2. The number of likely N-dealkylation sites (N-methyl/N-ethyl adjacent to an activating group) is 1. The standard InChI is InChI=1S/C26H32N4O5/c1-17-14-30(18(2)16-31)26(34)22-11-21(6-5-19(3)32)13-28-25(22)35-23(17)15-29(4)24(33)12-20-7-9-27-10-8-20/h7-11,13,17-19,23,31-32H,12,14-16H2,1-4H3/t17-,18+,19-,23+/m0/s1. The third-order valence-corrected chi connectivity index (χ3v) is 5.93. The van der Waals surface area contributed by atoms with Gasteiger partial charge >= 0.3 is 0 Å². The summed E-state index contributed by atoms with van der Waals surface area (Å²) in [4.78, 5) is 37.8. The fourth-order valence-electron chi connectivity index (χ4n) is 3.76. The SMILES string of the molecule is C[C@H](O)C#Cc1cnc2c(c1)C(=O)N([C@H](C)CO)C[C@H](C)[C@@H](CN(C)C(=O)Cc1ccncc1)O2. The molecule has 9 nitrogen and oxygen atoms in total. The summed E-state index contributed by atoms with van der Waals surface area (Å²) in [6.07, 6.45) is 3.77. The van der Waals surface area contributed by atoms with Crippen LogP contribution in [0.4, 0.5) is 0 Å². The molecule has 0 spiro atoms. The van der Waals surface area contributed by atoms with E-state index in [1.54, 1.807) is 61.3 Å². The van der Waals surface area contributed by atoms with Gasteiger partial charge in [0.1, 0.15) is 17.8 Å². The van der Waals surface area contributed by atoms with Crippen LogP contribution < -0.4 is 4.74 Å². The van der Waals surface area contributed by atoms with E-state index in [0.29, 0.717) is 18.7 Å². The quantitative estimate of drug-likeness (QED) is 0.596. The van der Waals surface area contributed by atoms with Crippen LogP contribution in [0.3, 0.4) is 0 Å². The van der Waals surface area contributed by atoms with Crippen molar-refractivity contribution in [1.29, 1.82) is 0 Å². The predicted molar refractivity (Wildman–Crippen MR) is 130 cm³/mol. The van der Waals surface area contributed by atoms with Gasteiger partial charge in [0, 0.05) is 43.7 Å². The average Bonchev–Trinajstić information content (AvgIpc) is 2.84. The lowest BCUT2D eigenvalue weighted by Crippen LogP contribution is -2.50. The molecular weight excluding hydrogens is 448 g/mol. The molecule has 0 radical (unpaired) electrons. The number of aromatic nitrogens is 2. The third kappa shape index (κ3) is 6.78. The van der Waals surface area contributed by atoms with Crippen molar-refractivity contribution in [2.75, 3.05) is 26.7 Å². The highest BCUT2D eigenvalue weighted by Gasteiger charge is 2.34. The lowest BCUT2D eigenvalue weighted by molar-refractivity contribution is -0.130. The highest BCUT2D eigenvalue weighted by molar-refractivity contribution is 5.97. The first-order chi connectivity index (χ1) is 16.7. The van der Waals surface area contributed by atoms with Gasteiger partial charge in [0.05, 0.1) is 25.6 Å². The van der Waals surface area contributed by atoms with E-state index >= 15 is 0 Å². The zero-order valence-corrected chi connectivity index (χ0v) is 20.5. The molecule has 1 aliphatic heterocycles. The summed E-state index contributed by atoms with van der Waals surface area (Å²) in [6.45, 7) is 5.70. The molecule has 35 heavy (non-hydrogen) atoms. The number of nitrogens with zero attached hydrogens (tertiary/aromatic N) is 4. The molecule has 0 bridgehead atoms. The summed E-state index contributed by atoms with van der Waals surface area (Å²) in [5, 5.41) is 19.2. The number of carbonyl (C=O) groups excluding carboxylic acids is 2. The molecule has 4 atom stereocenters. The molecule has 1 aliphatic rings. The van der Waals surface area contributed by atoms with Crippen molar-refractivity contribution >= 4 is 11.8 Å². The van der Waals surface area contributed by atoms with Crippen molar-refractivity contribution in [3.8, 4) is 17.7 Å². The van der Waals surface area contributed by atoms with Crippen LogP contribution in [0.5, 0.6) is 5.88 Å². The molecule has 2 N–H and O–H groups in total. The van der Waals surface area contributed by atoms with Gasteiger partial charge < -0.3 is 24.7 Å². The number of aliphatic hydroxyl groups is 2. The Kier molecular flexibility index (Phi) is 8.79. The predicted octanol–water partition coefficient (Wildman–Crippen LogP) is 1.13. The molecule has 2 aromatic rings. The normalized spacial score (nSPS) is 19.3. The van der Waals surface area contributed by atoms with Crippen LogP contribution >= 0.6 is 0 Å². The number of hydrogen-bond acceptors (Lipinski definition) is 7. The maximum atomic E-state index is 13.4. The molecule has 186 valence electrons. The Morgan fingerprint density at radius 1 is 1.34 bits per heavy atom. The second kappa shape index (κ2) is 11.8. The molecule has 0 saturated carbocycles. The number of carbonyl (C=O) groups is 2. The van der Waals surface area contributed by atoms with Crippen LogP contribution in [-0.2, 0) is 11.2 Å². The van der Waals surface area contributed by atoms with Crippen LogP contribution in [0.15, 0.2) is 36.8 Å². The monoisotopic (exact) mass is 480 g/mol. The van der Waals surface area contributed by atoms with Gasteiger partial charge in [0.25, 0.3) is 5.91 Å². The lowest BCUT2D eigenvalue weighted by Gasteiger charge is -2.37. The van der Waals surface area contributed by atoms with E-state index in [2.05, 4.69) is 21.8 Å². The molecule has 0 aromatic carbocycles. The molecule has 2 aromatic heterocycles. The molecule has 3 heterocycles. The summed E-state index contributed by atoms with van der Waals surface area (Å²) < 4.78 is 6.21. The van der Waals surface area contributed by atoms with E-state index in [0.717, 1.165) is 5.56 Å². The van der Waals surface area contributed by atoms with Gasteiger partial charge in [-0.25, -0.2) is 4.98 Å². The first kappa shape index (κ1) is 26.1. The minimum Gasteiger partial charge on any atom is -0.472 e. The Hall–Kier alpha value is -3.48. The zero-order chi connectivity index (χ0) is 25.5. The molecule has 2 amide bonds. The van der Waals surface area contributed by atoms with E-state index in [9.17, 15) is 19.8 Å². The van der Waals surface area contributed by atoms with Crippen LogP contribution in [0.25, 0.3) is 0 Å². The van der Waals surface area contributed by atoms with Crippen molar-refractivity contribution in [3.63, 3.8) is 0 Å². The highest BCUT2D eigenvalue weighted by atomic mass is 16.5. The number of fused-ring (bicyclic) bond motifs is 1. The molecule has 0 saturated heterocycles. The fourth-order valence-corrected chi connectivity index (χ4v) is 3.76. The van der Waals surface area contributed by atoms with Crippen molar-refractivity contribution in [3.05, 3.63) is 53.5 Å². The summed E-state index contributed by atoms with van der Waals surface area (Å²) in [5.74, 6) is 5.07. The van der Waals surface area contributed by atoms with Crippen molar-refractivity contribution in [2.24, 2.45) is 5.92 Å². The number of rotatable bonds is 6. The van der Waals surface area contributed by atoms with Crippen LogP contribution in [0.1, 0.15) is 42.3 Å². The van der Waals surface area contributed by atoms with Gasteiger partial charge in [-0.1, -0.05) is 18.8 Å². The largest absolute Gasteiger partial charge is 0.472 e. The van der Waals surface area contributed by atoms with Gasteiger partial charge in [-0.05, 0) is 37.6 Å². The summed E-state index contributed by atoms with van der Waals surface area (Å²) >= 11 is 0.